The van der Waals surface area contributed by atoms with Crippen LogP contribution in [0.4, 0.5) is 0 Å². The molecule has 10 heavy (non-hydrogen) atoms. The molecule has 2 aliphatic rings. The lowest BCUT2D eigenvalue weighted by atomic mass is 9.87. The first kappa shape index (κ1) is 6.66. The minimum Gasteiger partial charge on any atom is -0.380 e. The summed E-state index contributed by atoms with van der Waals surface area (Å²) >= 11 is 0. The second-order valence-corrected chi connectivity index (χ2v) is 4.54. The van der Waals surface area contributed by atoms with Gasteiger partial charge in [-0.2, -0.15) is 0 Å². The zero-order valence-electron chi connectivity index (χ0n) is 7.11. The second-order valence-electron chi connectivity index (χ2n) is 4.54. The summed E-state index contributed by atoms with van der Waals surface area (Å²) < 4.78 is 5.47. The van der Waals surface area contributed by atoms with Gasteiger partial charge in [0.15, 0.2) is 0 Å². The van der Waals surface area contributed by atoms with Crippen molar-refractivity contribution in [2.75, 3.05) is 13.2 Å². The van der Waals surface area contributed by atoms with Crippen LogP contribution in [0, 0.1) is 16.7 Å². The maximum absolute atomic E-state index is 5.47. The summed E-state index contributed by atoms with van der Waals surface area (Å²) in [6.07, 6.45) is 1.40. The summed E-state index contributed by atoms with van der Waals surface area (Å²) in [7, 11) is 0. The molecule has 0 radical (unpaired) electrons. The number of rotatable bonds is 1. The smallest absolute Gasteiger partial charge is 0.0531 e. The third-order valence-corrected chi connectivity index (χ3v) is 3.67. The van der Waals surface area contributed by atoms with Crippen molar-refractivity contribution in [2.45, 2.75) is 27.2 Å². The van der Waals surface area contributed by atoms with Gasteiger partial charge in [0.25, 0.3) is 0 Å². The van der Waals surface area contributed by atoms with E-state index in [0.29, 0.717) is 10.8 Å². The maximum atomic E-state index is 5.47. The first-order valence-electron chi connectivity index (χ1n) is 4.18. The van der Waals surface area contributed by atoms with Crippen LogP contribution < -0.4 is 0 Å². The van der Waals surface area contributed by atoms with Gasteiger partial charge in [-0.05, 0) is 17.8 Å². The fraction of sp³-hybridized carbons (Fsp3) is 1.00. The van der Waals surface area contributed by atoms with Gasteiger partial charge in [0, 0.05) is 5.41 Å². The van der Waals surface area contributed by atoms with Crippen molar-refractivity contribution in [1.82, 2.24) is 0 Å². The fourth-order valence-corrected chi connectivity index (χ4v) is 2.60. The normalized spacial score (nSPS) is 51.6. The molecule has 2 rings (SSSR count). The molecule has 0 N–H and O–H groups in total. The Kier molecular flexibility index (Phi) is 1.05. The van der Waals surface area contributed by atoms with Crippen molar-refractivity contribution in [3.8, 4) is 0 Å². The molecule has 0 bridgehead atoms. The molecule has 1 saturated heterocycles. The lowest BCUT2D eigenvalue weighted by Crippen LogP contribution is -2.16. The Balaban J connectivity index is 2.20. The Morgan fingerprint density at radius 2 is 2.00 bits per heavy atom. The Morgan fingerprint density at radius 1 is 1.30 bits per heavy atom. The van der Waals surface area contributed by atoms with Crippen LogP contribution in [0.15, 0.2) is 0 Å². The van der Waals surface area contributed by atoms with Gasteiger partial charge < -0.3 is 4.74 Å². The standard InChI is InChI=1S/C9H16O/c1-7(2)9-4-8(9,3)5-10-6-9/h7H,4-6H2,1-3H3/t8-,9+/m0/s1. The molecule has 0 unspecified atom stereocenters. The molecule has 1 aliphatic heterocycles. The van der Waals surface area contributed by atoms with E-state index in [-0.39, 0.29) is 0 Å². The Morgan fingerprint density at radius 3 is 2.20 bits per heavy atom. The van der Waals surface area contributed by atoms with E-state index in [1.165, 1.54) is 6.42 Å². The van der Waals surface area contributed by atoms with Crippen LogP contribution >= 0.6 is 0 Å². The predicted octanol–water partition coefficient (Wildman–Crippen LogP) is 2.07. The largest absolute Gasteiger partial charge is 0.380 e. The Bertz CT molecular complexity index is 160. The SMILES string of the molecule is CC(C)[C@@]12COC[C@]1(C)C2. The molecule has 2 fully saturated rings. The van der Waals surface area contributed by atoms with E-state index in [2.05, 4.69) is 20.8 Å². The predicted molar refractivity (Wildman–Crippen MR) is 40.8 cm³/mol. The van der Waals surface area contributed by atoms with Gasteiger partial charge in [0.2, 0.25) is 0 Å². The van der Waals surface area contributed by atoms with E-state index in [1.54, 1.807) is 0 Å². The highest BCUT2D eigenvalue weighted by atomic mass is 16.5. The third-order valence-electron chi connectivity index (χ3n) is 3.67. The summed E-state index contributed by atoms with van der Waals surface area (Å²) in [5.74, 6) is 0.806. The minimum atomic E-state index is 0.557. The van der Waals surface area contributed by atoms with Crippen LogP contribution in [0.3, 0.4) is 0 Å². The molecular formula is C9H16O. The number of ether oxygens (including phenoxy) is 1. The van der Waals surface area contributed by atoms with E-state index in [9.17, 15) is 0 Å². The van der Waals surface area contributed by atoms with Crippen molar-refractivity contribution in [2.24, 2.45) is 16.7 Å². The van der Waals surface area contributed by atoms with Gasteiger partial charge in [-0.15, -0.1) is 0 Å². The second kappa shape index (κ2) is 1.58. The first-order valence-corrected chi connectivity index (χ1v) is 4.18. The zero-order chi connectivity index (χ0) is 7.41. The number of hydrogen-bond donors (Lipinski definition) is 0. The van der Waals surface area contributed by atoms with Crippen LogP contribution in [0.5, 0.6) is 0 Å². The van der Waals surface area contributed by atoms with Crippen LogP contribution in [0.1, 0.15) is 27.2 Å². The summed E-state index contributed by atoms with van der Waals surface area (Å²) in [4.78, 5) is 0. The van der Waals surface area contributed by atoms with Crippen molar-refractivity contribution in [1.29, 1.82) is 0 Å². The topological polar surface area (TPSA) is 9.23 Å². The van der Waals surface area contributed by atoms with Crippen molar-refractivity contribution >= 4 is 0 Å². The van der Waals surface area contributed by atoms with E-state index in [4.69, 9.17) is 4.74 Å². The lowest BCUT2D eigenvalue weighted by molar-refractivity contribution is 0.128. The van der Waals surface area contributed by atoms with Crippen LogP contribution in [-0.4, -0.2) is 13.2 Å². The highest BCUT2D eigenvalue weighted by molar-refractivity contribution is 5.16. The van der Waals surface area contributed by atoms with Gasteiger partial charge in [0.1, 0.15) is 0 Å². The molecule has 0 aromatic carbocycles. The molecule has 1 nitrogen and oxygen atoms in total. The monoisotopic (exact) mass is 140 g/mol. The molecule has 1 heterocycles. The van der Waals surface area contributed by atoms with E-state index < -0.39 is 0 Å². The fourth-order valence-electron chi connectivity index (χ4n) is 2.60. The third kappa shape index (κ3) is 0.531. The number of hydrogen-bond acceptors (Lipinski definition) is 1. The highest BCUT2D eigenvalue weighted by Crippen LogP contribution is 2.70. The van der Waals surface area contributed by atoms with Gasteiger partial charge in [-0.3, -0.25) is 0 Å². The summed E-state index contributed by atoms with van der Waals surface area (Å²) in [6, 6.07) is 0. The lowest BCUT2D eigenvalue weighted by Gasteiger charge is -2.16. The van der Waals surface area contributed by atoms with Crippen LogP contribution in [-0.2, 0) is 4.74 Å². The van der Waals surface area contributed by atoms with Gasteiger partial charge in [-0.25, -0.2) is 0 Å². The van der Waals surface area contributed by atoms with Gasteiger partial charge >= 0.3 is 0 Å². The summed E-state index contributed by atoms with van der Waals surface area (Å²) in [5.41, 5.74) is 1.13. The van der Waals surface area contributed by atoms with Crippen molar-refractivity contribution in [3.05, 3.63) is 0 Å². The number of fused-ring (bicyclic) bond motifs is 1. The highest BCUT2D eigenvalue weighted by Gasteiger charge is 2.68. The average molecular weight is 140 g/mol. The maximum Gasteiger partial charge on any atom is 0.0531 e. The molecule has 1 saturated carbocycles. The molecule has 0 aromatic rings. The molecule has 1 aliphatic carbocycles. The van der Waals surface area contributed by atoms with Crippen molar-refractivity contribution in [3.63, 3.8) is 0 Å². The Labute approximate surface area is 62.8 Å². The average Bonchev–Trinajstić information content (AvgIpc) is 2.29. The summed E-state index contributed by atoms with van der Waals surface area (Å²) in [6.45, 7) is 9.02. The Hall–Kier alpha value is -0.0400. The van der Waals surface area contributed by atoms with E-state index in [0.717, 1.165) is 19.1 Å². The van der Waals surface area contributed by atoms with Gasteiger partial charge in [0.05, 0.1) is 13.2 Å². The molecular weight excluding hydrogens is 124 g/mol. The first-order chi connectivity index (χ1) is 4.61. The van der Waals surface area contributed by atoms with Crippen LogP contribution in [0.25, 0.3) is 0 Å². The minimum absolute atomic E-state index is 0.557. The van der Waals surface area contributed by atoms with Gasteiger partial charge in [-0.1, -0.05) is 20.8 Å². The molecule has 0 spiro atoms. The van der Waals surface area contributed by atoms with E-state index in [1.807, 2.05) is 0 Å². The zero-order valence-corrected chi connectivity index (χ0v) is 7.11. The molecule has 58 valence electrons. The molecule has 2 atom stereocenters. The molecule has 0 amide bonds. The van der Waals surface area contributed by atoms with E-state index >= 15 is 0 Å². The van der Waals surface area contributed by atoms with Crippen LogP contribution in [0.2, 0.25) is 0 Å². The summed E-state index contributed by atoms with van der Waals surface area (Å²) in [5, 5.41) is 0. The molecule has 0 aromatic heterocycles. The van der Waals surface area contributed by atoms with Crippen molar-refractivity contribution < 1.29 is 4.74 Å². The quantitative estimate of drug-likeness (QED) is 0.541. The molecule has 1 heteroatoms.